The van der Waals surface area contributed by atoms with Crippen molar-refractivity contribution in [2.75, 3.05) is 7.11 Å². The Morgan fingerprint density at radius 3 is 2.36 bits per heavy atom. The number of rotatable bonds is 3. The first-order chi connectivity index (χ1) is 11.9. The van der Waals surface area contributed by atoms with Gasteiger partial charge in [0.05, 0.1) is 12.7 Å². The zero-order chi connectivity index (χ0) is 18.0. The van der Waals surface area contributed by atoms with Crippen LogP contribution in [0.3, 0.4) is 0 Å². The van der Waals surface area contributed by atoms with Crippen molar-refractivity contribution in [3.8, 4) is 0 Å². The van der Waals surface area contributed by atoms with E-state index in [-0.39, 0.29) is 5.97 Å². The highest BCUT2D eigenvalue weighted by atomic mass is 19.4. The van der Waals surface area contributed by atoms with E-state index in [0.717, 1.165) is 28.8 Å². The Hall–Kier alpha value is -2.34. The zero-order valence-electron chi connectivity index (χ0n) is 13.7. The van der Waals surface area contributed by atoms with Gasteiger partial charge in [0.1, 0.15) is 6.04 Å². The van der Waals surface area contributed by atoms with E-state index in [4.69, 9.17) is 4.74 Å². The van der Waals surface area contributed by atoms with Gasteiger partial charge in [-0.2, -0.15) is 13.2 Å². The van der Waals surface area contributed by atoms with Crippen molar-refractivity contribution in [3.63, 3.8) is 0 Å². The molecule has 0 saturated heterocycles. The number of methoxy groups -OCH3 is 1. The Morgan fingerprint density at radius 1 is 1.12 bits per heavy atom. The molecule has 1 heterocycles. The van der Waals surface area contributed by atoms with Crippen LogP contribution in [0.5, 0.6) is 0 Å². The van der Waals surface area contributed by atoms with E-state index in [1.54, 1.807) is 0 Å². The lowest BCUT2D eigenvalue weighted by Gasteiger charge is -2.35. The fourth-order valence-electron chi connectivity index (χ4n) is 3.15. The van der Waals surface area contributed by atoms with E-state index in [1.807, 2.05) is 29.2 Å². The second-order valence-corrected chi connectivity index (χ2v) is 6.11. The molecule has 0 saturated carbocycles. The summed E-state index contributed by atoms with van der Waals surface area (Å²) in [7, 11) is 1.35. The normalized spacial score (nSPS) is 17.8. The van der Waals surface area contributed by atoms with Crippen molar-refractivity contribution in [3.05, 3.63) is 70.8 Å². The maximum absolute atomic E-state index is 12.7. The van der Waals surface area contributed by atoms with Gasteiger partial charge in [-0.1, -0.05) is 36.4 Å². The van der Waals surface area contributed by atoms with Gasteiger partial charge in [-0.25, -0.2) is 0 Å². The summed E-state index contributed by atoms with van der Waals surface area (Å²) in [4.78, 5) is 14.1. The van der Waals surface area contributed by atoms with Crippen LogP contribution in [0.15, 0.2) is 48.5 Å². The lowest BCUT2D eigenvalue weighted by molar-refractivity contribution is -0.148. The third kappa shape index (κ3) is 3.85. The van der Waals surface area contributed by atoms with E-state index >= 15 is 0 Å². The van der Waals surface area contributed by atoms with Crippen LogP contribution in [-0.4, -0.2) is 24.0 Å². The van der Waals surface area contributed by atoms with Crippen molar-refractivity contribution in [1.29, 1.82) is 0 Å². The molecule has 6 heteroatoms. The summed E-state index contributed by atoms with van der Waals surface area (Å²) in [6, 6.07) is 12.5. The number of hydrogen-bond acceptors (Lipinski definition) is 3. The Morgan fingerprint density at radius 2 is 1.76 bits per heavy atom. The van der Waals surface area contributed by atoms with Crippen molar-refractivity contribution in [2.24, 2.45) is 0 Å². The number of fused-ring (bicyclic) bond motifs is 1. The molecule has 0 fully saturated rings. The number of carbonyl (C=O) groups is 1. The number of esters is 1. The van der Waals surface area contributed by atoms with Crippen LogP contribution in [0, 0.1) is 0 Å². The first-order valence-electron chi connectivity index (χ1n) is 7.93. The first-order valence-corrected chi connectivity index (χ1v) is 7.93. The van der Waals surface area contributed by atoms with Gasteiger partial charge in [0, 0.05) is 13.1 Å². The SMILES string of the molecule is COC(=O)C1Cc2ccccc2CN1Cc1ccc(C(F)(F)F)cc1. The lowest BCUT2D eigenvalue weighted by Crippen LogP contribution is -2.45. The summed E-state index contributed by atoms with van der Waals surface area (Å²) in [5, 5.41) is 0. The van der Waals surface area contributed by atoms with Crippen molar-refractivity contribution in [2.45, 2.75) is 31.7 Å². The minimum Gasteiger partial charge on any atom is -0.468 e. The summed E-state index contributed by atoms with van der Waals surface area (Å²) < 4.78 is 43.0. The smallest absolute Gasteiger partial charge is 0.416 e. The molecule has 0 amide bonds. The van der Waals surface area contributed by atoms with Crippen molar-refractivity contribution in [1.82, 2.24) is 4.90 Å². The standard InChI is InChI=1S/C19H18F3NO2/c1-25-18(24)17-10-14-4-2-3-5-15(14)12-23(17)11-13-6-8-16(9-7-13)19(20,21)22/h2-9,17H,10-12H2,1H3. The van der Waals surface area contributed by atoms with Crippen LogP contribution in [-0.2, 0) is 35.2 Å². The average Bonchev–Trinajstić information content (AvgIpc) is 2.60. The fourth-order valence-corrected chi connectivity index (χ4v) is 3.15. The minimum absolute atomic E-state index is 0.332. The highest BCUT2D eigenvalue weighted by molar-refractivity contribution is 5.76. The molecule has 0 radical (unpaired) electrons. The molecule has 0 spiro atoms. The number of hydrogen-bond donors (Lipinski definition) is 0. The Bertz CT molecular complexity index is 756. The third-order valence-corrected chi connectivity index (χ3v) is 4.49. The Labute approximate surface area is 144 Å². The molecular formula is C19H18F3NO2. The summed E-state index contributed by atoms with van der Waals surface area (Å²) >= 11 is 0. The summed E-state index contributed by atoms with van der Waals surface area (Å²) in [5.74, 6) is -0.332. The minimum atomic E-state index is -4.35. The molecule has 0 bridgehead atoms. The molecule has 3 nitrogen and oxygen atoms in total. The molecule has 1 unspecified atom stereocenters. The Kier molecular flexibility index (Phi) is 4.81. The van der Waals surface area contributed by atoms with E-state index in [2.05, 4.69) is 0 Å². The monoisotopic (exact) mass is 349 g/mol. The van der Waals surface area contributed by atoms with Crippen molar-refractivity contribution >= 4 is 5.97 Å². The first kappa shape index (κ1) is 17.5. The molecule has 1 aliphatic heterocycles. The van der Waals surface area contributed by atoms with E-state index in [1.165, 1.54) is 19.2 Å². The van der Waals surface area contributed by atoms with Gasteiger partial charge in [-0.3, -0.25) is 9.69 Å². The largest absolute Gasteiger partial charge is 0.468 e. The number of benzene rings is 2. The summed E-state index contributed by atoms with van der Waals surface area (Å²) in [6.07, 6.45) is -3.82. The van der Waals surface area contributed by atoms with Crippen LogP contribution in [0.4, 0.5) is 13.2 Å². The zero-order valence-corrected chi connectivity index (χ0v) is 13.7. The van der Waals surface area contributed by atoms with Gasteiger partial charge in [-0.05, 0) is 35.2 Å². The lowest BCUT2D eigenvalue weighted by atomic mass is 9.93. The van der Waals surface area contributed by atoms with Gasteiger partial charge in [0.15, 0.2) is 0 Å². The quantitative estimate of drug-likeness (QED) is 0.790. The molecule has 1 atom stereocenters. The predicted octanol–water partition coefficient (Wildman–Crippen LogP) is 3.81. The maximum Gasteiger partial charge on any atom is 0.416 e. The van der Waals surface area contributed by atoms with Crippen molar-refractivity contribution < 1.29 is 22.7 Å². The molecular weight excluding hydrogens is 331 g/mol. The molecule has 0 N–H and O–H groups in total. The third-order valence-electron chi connectivity index (χ3n) is 4.49. The second kappa shape index (κ2) is 6.88. The fraction of sp³-hybridized carbons (Fsp3) is 0.316. The second-order valence-electron chi connectivity index (χ2n) is 6.11. The van der Waals surface area contributed by atoms with E-state index < -0.39 is 17.8 Å². The number of alkyl halides is 3. The van der Waals surface area contributed by atoms with Gasteiger partial charge in [0.25, 0.3) is 0 Å². The molecule has 1 aliphatic rings. The van der Waals surface area contributed by atoms with E-state index in [9.17, 15) is 18.0 Å². The predicted molar refractivity (Wildman–Crippen MR) is 86.6 cm³/mol. The van der Waals surface area contributed by atoms with E-state index in [0.29, 0.717) is 19.5 Å². The highest BCUT2D eigenvalue weighted by Gasteiger charge is 2.33. The molecule has 0 aromatic heterocycles. The number of carbonyl (C=O) groups excluding carboxylic acids is 1. The van der Waals surface area contributed by atoms with Crippen LogP contribution >= 0.6 is 0 Å². The number of nitrogens with zero attached hydrogens (tertiary/aromatic N) is 1. The Balaban J connectivity index is 1.82. The average molecular weight is 349 g/mol. The topological polar surface area (TPSA) is 29.5 Å². The van der Waals surface area contributed by atoms with Gasteiger partial charge < -0.3 is 4.74 Å². The molecule has 132 valence electrons. The van der Waals surface area contributed by atoms with Crippen LogP contribution in [0.2, 0.25) is 0 Å². The molecule has 2 aromatic rings. The molecule has 0 aliphatic carbocycles. The summed E-state index contributed by atoms with van der Waals surface area (Å²) in [5.41, 5.74) is 2.27. The molecule has 3 rings (SSSR count). The van der Waals surface area contributed by atoms with Crippen LogP contribution in [0.25, 0.3) is 0 Å². The molecule has 2 aromatic carbocycles. The van der Waals surface area contributed by atoms with Crippen LogP contribution in [0.1, 0.15) is 22.3 Å². The highest BCUT2D eigenvalue weighted by Crippen LogP contribution is 2.30. The van der Waals surface area contributed by atoms with Gasteiger partial charge in [0.2, 0.25) is 0 Å². The summed E-state index contributed by atoms with van der Waals surface area (Å²) in [6.45, 7) is 0.934. The maximum atomic E-state index is 12.7. The number of ether oxygens (including phenoxy) is 1. The van der Waals surface area contributed by atoms with Crippen LogP contribution < -0.4 is 0 Å². The molecule has 25 heavy (non-hydrogen) atoms. The van der Waals surface area contributed by atoms with Gasteiger partial charge >= 0.3 is 12.1 Å². The number of halogens is 3. The van der Waals surface area contributed by atoms with Gasteiger partial charge in [-0.15, -0.1) is 0 Å².